The molecular weight excluding hydrogens is 371 g/mol. The number of anilines is 1. The van der Waals surface area contributed by atoms with E-state index in [2.05, 4.69) is 14.7 Å². The molecule has 7 nitrogen and oxygen atoms in total. The fraction of sp³-hybridized carbons (Fsp3) is 0.0556. The molecule has 0 aliphatic heterocycles. The van der Waals surface area contributed by atoms with E-state index >= 15 is 0 Å². The molecule has 0 fully saturated rings. The molecule has 1 N–H and O–H groups in total. The molecular formula is C18H13FN4O3S. The lowest BCUT2D eigenvalue weighted by molar-refractivity contribution is 0.474. The van der Waals surface area contributed by atoms with Gasteiger partial charge >= 0.3 is 0 Å². The molecule has 0 aliphatic rings. The summed E-state index contributed by atoms with van der Waals surface area (Å²) in [7, 11) is -4.01. The molecule has 136 valence electrons. The summed E-state index contributed by atoms with van der Waals surface area (Å²) in [4.78, 5) is 7.46. The third-order valence-corrected chi connectivity index (χ3v) is 4.91. The number of nitrogens with one attached hydrogen (secondary N) is 1. The number of rotatable bonds is 5. The van der Waals surface area contributed by atoms with Crippen LogP contribution in [0.5, 0.6) is 11.5 Å². The first kappa shape index (κ1) is 18.3. The SMILES string of the molecule is Cc1ccncc1Oc1ccc(S(=O)(=O)Nc2ccc(F)cn2)cc1C#N. The van der Waals surface area contributed by atoms with Gasteiger partial charge in [0, 0.05) is 6.20 Å². The third-order valence-electron chi connectivity index (χ3n) is 3.56. The molecule has 0 saturated heterocycles. The van der Waals surface area contributed by atoms with Crippen LogP contribution in [0.1, 0.15) is 11.1 Å². The maximum atomic E-state index is 12.9. The van der Waals surface area contributed by atoms with Crippen LogP contribution in [-0.2, 0) is 10.0 Å². The summed E-state index contributed by atoms with van der Waals surface area (Å²) in [5.74, 6) is 0.0313. The van der Waals surface area contributed by atoms with Crippen LogP contribution < -0.4 is 9.46 Å². The first-order valence-corrected chi connectivity index (χ1v) is 9.14. The van der Waals surface area contributed by atoms with Gasteiger partial charge in [-0.1, -0.05) is 0 Å². The Morgan fingerprint density at radius 2 is 1.96 bits per heavy atom. The number of ether oxygens (including phenoxy) is 1. The van der Waals surface area contributed by atoms with E-state index in [-0.39, 0.29) is 22.0 Å². The van der Waals surface area contributed by atoms with Crippen LogP contribution in [0.15, 0.2) is 59.9 Å². The number of hydrogen-bond donors (Lipinski definition) is 1. The van der Waals surface area contributed by atoms with Gasteiger partial charge in [0.2, 0.25) is 0 Å². The number of aryl methyl sites for hydroxylation is 1. The predicted octanol–water partition coefficient (Wildman–Crippen LogP) is 3.39. The maximum absolute atomic E-state index is 12.9. The van der Waals surface area contributed by atoms with E-state index in [1.165, 1.54) is 30.5 Å². The quantitative estimate of drug-likeness (QED) is 0.723. The highest BCUT2D eigenvalue weighted by Gasteiger charge is 2.18. The number of sulfonamides is 1. The summed E-state index contributed by atoms with van der Waals surface area (Å²) < 4.78 is 45.7. The van der Waals surface area contributed by atoms with Crippen LogP contribution in [0.3, 0.4) is 0 Å². The van der Waals surface area contributed by atoms with E-state index in [1.807, 2.05) is 13.0 Å². The van der Waals surface area contributed by atoms with Crippen LogP contribution in [0.25, 0.3) is 0 Å². The number of aromatic nitrogens is 2. The van der Waals surface area contributed by atoms with Crippen molar-refractivity contribution in [2.24, 2.45) is 0 Å². The molecule has 0 radical (unpaired) electrons. The van der Waals surface area contributed by atoms with Crippen molar-refractivity contribution in [2.75, 3.05) is 4.72 Å². The second-order valence-electron chi connectivity index (χ2n) is 5.48. The molecule has 0 bridgehead atoms. The van der Waals surface area contributed by atoms with Crippen LogP contribution in [0.2, 0.25) is 0 Å². The fourth-order valence-corrected chi connectivity index (χ4v) is 3.19. The number of pyridine rings is 2. The number of benzene rings is 1. The molecule has 27 heavy (non-hydrogen) atoms. The summed E-state index contributed by atoms with van der Waals surface area (Å²) in [5.41, 5.74) is 0.850. The van der Waals surface area contributed by atoms with E-state index < -0.39 is 15.8 Å². The van der Waals surface area contributed by atoms with Crippen LogP contribution >= 0.6 is 0 Å². The van der Waals surface area contributed by atoms with Gasteiger partial charge in [-0.3, -0.25) is 9.71 Å². The van der Waals surface area contributed by atoms with Gasteiger partial charge in [0.05, 0.1) is 22.9 Å². The van der Waals surface area contributed by atoms with Crippen molar-refractivity contribution in [3.63, 3.8) is 0 Å². The minimum atomic E-state index is -4.01. The van der Waals surface area contributed by atoms with E-state index in [0.29, 0.717) is 5.75 Å². The highest BCUT2D eigenvalue weighted by atomic mass is 32.2. The van der Waals surface area contributed by atoms with Crippen molar-refractivity contribution in [3.05, 3.63) is 71.9 Å². The van der Waals surface area contributed by atoms with Crippen molar-refractivity contribution in [3.8, 4) is 17.6 Å². The number of nitriles is 1. The molecule has 2 aromatic heterocycles. The smallest absolute Gasteiger partial charge is 0.263 e. The minimum absolute atomic E-state index is 0.0354. The van der Waals surface area contributed by atoms with E-state index in [9.17, 15) is 18.1 Å². The largest absolute Gasteiger partial charge is 0.454 e. The first-order chi connectivity index (χ1) is 12.9. The molecule has 0 aliphatic carbocycles. The van der Waals surface area contributed by atoms with Crippen molar-refractivity contribution < 1.29 is 17.5 Å². The van der Waals surface area contributed by atoms with Crippen molar-refractivity contribution in [2.45, 2.75) is 11.8 Å². The summed E-state index contributed by atoms with van der Waals surface area (Å²) in [6.07, 6.45) is 4.01. The van der Waals surface area contributed by atoms with Crippen LogP contribution in [0, 0.1) is 24.1 Å². The number of nitrogens with zero attached hydrogens (tertiary/aromatic N) is 3. The Kier molecular flexibility index (Phi) is 5.00. The average molecular weight is 384 g/mol. The Labute approximate surface area is 155 Å². The van der Waals surface area contributed by atoms with Gasteiger partial charge in [0.25, 0.3) is 10.0 Å². The summed E-state index contributed by atoms with van der Waals surface area (Å²) in [6, 6.07) is 9.82. The van der Waals surface area contributed by atoms with Gasteiger partial charge in [0.1, 0.15) is 29.2 Å². The molecule has 3 rings (SSSR count). The van der Waals surface area contributed by atoms with E-state index in [0.717, 1.165) is 17.8 Å². The molecule has 9 heteroatoms. The summed E-state index contributed by atoms with van der Waals surface area (Å²) in [6.45, 7) is 1.82. The molecule has 2 heterocycles. The zero-order chi connectivity index (χ0) is 19.4. The number of halogens is 1. The summed E-state index contributed by atoms with van der Waals surface area (Å²) in [5, 5.41) is 9.36. The molecule has 1 aromatic carbocycles. The average Bonchev–Trinajstić information content (AvgIpc) is 2.65. The normalized spacial score (nSPS) is 10.9. The second-order valence-corrected chi connectivity index (χ2v) is 7.16. The van der Waals surface area contributed by atoms with Gasteiger partial charge in [-0.15, -0.1) is 0 Å². The fourth-order valence-electron chi connectivity index (χ4n) is 2.16. The third kappa shape index (κ3) is 4.19. The molecule has 0 unspecified atom stereocenters. The van der Waals surface area contributed by atoms with Gasteiger partial charge in [-0.05, 0) is 48.9 Å². The highest BCUT2D eigenvalue weighted by Crippen LogP contribution is 2.29. The number of hydrogen-bond acceptors (Lipinski definition) is 6. The second kappa shape index (κ2) is 7.39. The zero-order valence-electron chi connectivity index (χ0n) is 14.0. The van der Waals surface area contributed by atoms with Crippen molar-refractivity contribution in [1.82, 2.24) is 9.97 Å². The van der Waals surface area contributed by atoms with Gasteiger partial charge < -0.3 is 4.74 Å². The maximum Gasteiger partial charge on any atom is 0.263 e. The summed E-state index contributed by atoms with van der Waals surface area (Å²) >= 11 is 0. The Morgan fingerprint density at radius 1 is 1.15 bits per heavy atom. The van der Waals surface area contributed by atoms with Gasteiger partial charge in [-0.2, -0.15) is 5.26 Å². The predicted molar refractivity (Wildman–Crippen MR) is 95.2 cm³/mol. The molecule has 0 saturated carbocycles. The molecule has 0 atom stereocenters. The van der Waals surface area contributed by atoms with Crippen LogP contribution in [0.4, 0.5) is 10.2 Å². The topological polar surface area (TPSA) is 105 Å². The Hall–Kier alpha value is -3.51. The highest BCUT2D eigenvalue weighted by molar-refractivity contribution is 7.92. The molecule has 0 spiro atoms. The van der Waals surface area contributed by atoms with Crippen molar-refractivity contribution >= 4 is 15.8 Å². The monoisotopic (exact) mass is 384 g/mol. The van der Waals surface area contributed by atoms with Crippen LogP contribution in [-0.4, -0.2) is 18.4 Å². The first-order valence-electron chi connectivity index (χ1n) is 7.66. The molecule has 0 amide bonds. The minimum Gasteiger partial charge on any atom is -0.454 e. The Balaban J connectivity index is 1.90. The zero-order valence-corrected chi connectivity index (χ0v) is 14.9. The van der Waals surface area contributed by atoms with Gasteiger partial charge in [0.15, 0.2) is 0 Å². The van der Waals surface area contributed by atoms with E-state index in [4.69, 9.17) is 4.74 Å². The lowest BCUT2D eigenvalue weighted by Crippen LogP contribution is -2.14. The van der Waals surface area contributed by atoms with E-state index in [1.54, 1.807) is 12.3 Å². The molecule has 3 aromatic rings. The Morgan fingerprint density at radius 3 is 2.63 bits per heavy atom. The standard InChI is InChI=1S/C18H13FN4O3S/c1-12-6-7-21-11-17(12)26-16-4-3-15(8-13(16)9-20)27(24,25)23-18-5-2-14(19)10-22-18/h2-8,10-11H,1H3,(H,22,23). The van der Waals surface area contributed by atoms with Crippen molar-refractivity contribution in [1.29, 1.82) is 5.26 Å². The van der Waals surface area contributed by atoms with Gasteiger partial charge in [-0.25, -0.2) is 17.8 Å². The lowest BCUT2D eigenvalue weighted by atomic mass is 10.2. The Bertz CT molecular complexity index is 1130. The lowest BCUT2D eigenvalue weighted by Gasteiger charge is -2.11.